The van der Waals surface area contributed by atoms with Gasteiger partial charge in [0, 0.05) is 11.8 Å². The summed E-state index contributed by atoms with van der Waals surface area (Å²) in [4.78, 5) is 19.6. The Bertz CT molecular complexity index is 619. The van der Waals surface area contributed by atoms with E-state index < -0.39 is 5.91 Å². The zero-order valence-corrected chi connectivity index (χ0v) is 10.7. The topological polar surface area (TPSA) is 84.3 Å². The first-order valence-electron chi connectivity index (χ1n) is 5.27. The number of phenolic OH excluding ortho intramolecular Hbond substituents is 1. The Balaban J connectivity index is 2.18. The fraction of sp³-hybridized carbons (Fsp3) is 0.0833. The Kier molecular flexibility index (Phi) is 3.82. The van der Waals surface area contributed by atoms with Crippen LogP contribution >= 0.6 is 11.6 Å². The number of phenols is 1. The molecule has 0 unspecified atom stereocenters. The van der Waals surface area contributed by atoms with Crippen LogP contribution in [0.3, 0.4) is 0 Å². The van der Waals surface area contributed by atoms with Crippen molar-refractivity contribution >= 4 is 23.5 Å². The zero-order chi connectivity index (χ0) is 13.8. The third-order valence-electron chi connectivity index (χ3n) is 2.29. The molecule has 0 fully saturated rings. The van der Waals surface area contributed by atoms with E-state index in [0.29, 0.717) is 0 Å². The molecule has 1 amide bonds. The molecule has 0 aliphatic carbocycles. The number of benzene rings is 1. The number of halogens is 1. The molecule has 6 nitrogen and oxygen atoms in total. The first-order chi connectivity index (χ1) is 9.10. The Labute approximate surface area is 114 Å². The van der Waals surface area contributed by atoms with E-state index in [4.69, 9.17) is 16.3 Å². The van der Waals surface area contributed by atoms with Crippen LogP contribution in [0.4, 0.5) is 5.95 Å². The first kappa shape index (κ1) is 13.1. The van der Waals surface area contributed by atoms with Gasteiger partial charge in [0.25, 0.3) is 5.91 Å². The second-order valence-corrected chi connectivity index (χ2v) is 3.93. The van der Waals surface area contributed by atoms with Crippen LogP contribution in [0.25, 0.3) is 0 Å². The van der Waals surface area contributed by atoms with Crippen LogP contribution in [-0.4, -0.2) is 28.1 Å². The van der Waals surface area contributed by atoms with Crippen molar-refractivity contribution in [3.05, 3.63) is 41.2 Å². The van der Waals surface area contributed by atoms with E-state index in [-0.39, 0.29) is 28.2 Å². The molecular weight excluding hydrogens is 270 g/mol. The van der Waals surface area contributed by atoms with Crippen molar-refractivity contribution in [2.75, 3.05) is 12.4 Å². The lowest BCUT2D eigenvalue weighted by atomic mass is 10.2. The maximum absolute atomic E-state index is 11.9. The van der Waals surface area contributed by atoms with Gasteiger partial charge in [0.05, 0.1) is 7.11 Å². The molecule has 0 spiro atoms. The number of amides is 1. The van der Waals surface area contributed by atoms with E-state index >= 15 is 0 Å². The number of rotatable bonds is 3. The van der Waals surface area contributed by atoms with Crippen LogP contribution < -0.4 is 10.1 Å². The predicted octanol–water partition coefficient (Wildman–Crippen LogP) is 2.10. The van der Waals surface area contributed by atoms with E-state index in [2.05, 4.69) is 15.3 Å². The highest BCUT2D eigenvalue weighted by Gasteiger charge is 2.11. The fourth-order valence-corrected chi connectivity index (χ4v) is 1.54. The molecule has 1 aromatic heterocycles. The summed E-state index contributed by atoms with van der Waals surface area (Å²) >= 11 is 5.68. The lowest BCUT2D eigenvalue weighted by Crippen LogP contribution is -2.14. The summed E-state index contributed by atoms with van der Waals surface area (Å²) in [5, 5.41) is 12.3. The number of hydrogen-bond donors (Lipinski definition) is 2. The molecule has 19 heavy (non-hydrogen) atoms. The number of anilines is 1. The molecule has 0 atom stereocenters. The van der Waals surface area contributed by atoms with Gasteiger partial charge in [0.1, 0.15) is 5.15 Å². The molecule has 2 aromatic rings. The Morgan fingerprint density at radius 1 is 1.42 bits per heavy atom. The standard InChI is InChI=1S/C12H10ClN3O3/c1-19-9-3-2-7(6-8(9)17)11(18)16-12-14-5-4-10(13)15-12/h2-6,17H,1H3,(H,14,15,16,18). The molecule has 2 rings (SSSR count). The minimum absolute atomic E-state index is 0.0906. The van der Waals surface area contributed by atoms with Gasteiger partial charge in [-0.1, -0.05) is 11.6 Å². The first-order valence-corrected chi connectivity index (χ1v) is 5.65. The normalized spacial score (nSPS) is 10.0. The van der Waals surface area contributed by atoms with E-state index in [0.717, 1.165) is 0 Å². The highest BCUT2D eigenvalue weighted by Crippen LogP contribution is 2.26. The van der Waals surface area contributed by atoms with Crippen LogP contribution in [0.1, 0.15) is 10.4 Å². The van der Waals surface area contributed by atoms with Crippen molar-refractivity contribution in [2.45, 2.75) is 0 Å². The third-order valence-corrected chi connectivity index (χ3v) is 2.50. The van der Waals surface area contributed by atoms with Gasteiger partial charge < -0.3 is 9.84 Å². The quantitative estimate of drug-likeness (QED) is 0.841. The van der Waals surface area contributed by atoms with Gasteiger partial charge in [0.15, 0.2) is 11.5 Å². The molecule has 0 aliphatic rings. The summed E-state index contributed by atoms with van der Waals surface area (Å²) in [5.41, 5.74) is 0.252. The van der Waals surface area contributed by atoms with Crippen molar-refractivity contribution in [1.82, 2.24) is 9.97 Å². The number of aromatic hydroxyl groups is 1. The molecule has 0 saturated heterocycles. The van der Waals surface area contributed by atoms with Crippen LogP contribution in [-0.2, 0) is 0 Å². The summed E-state index contributed by atoms with van der Waals surface area (Å²) in [6.45, 7) is 0. The van der Waals surface area contributed by atoms with Crippen LogP contribution in [0.5, 0.6) is 11.5 Å². The van der Waals surface area contributed by atoms with E-state index in [1.54, 1.807) is 0 Å². The molecule has 0 aliphatic heterocycles. The smallest absolute Gasteiger partial charge is 0.258 e. The molecular formula is C12H10ClN3O3. The molecule has 0 radical (unpaired) electrons. The van der Waals surface area contributed by atoms with Crippen LogP contribution in [0.2, 0.25) is 5.15 Å². The van der Waals surface area contributed by atoms with Crippen molar-refractivity contribution < 1.29 is 14.6 Å². The monoisotopic (exact) mass is 279 g/mol. The maximum atomic E-state index is 11.9. The van der Waals surface area contributed by atoms with Gasteiger partial charge in [-0.25, -0.2) is 9.97 Å². The fourth-order valence-electron chi connectivity index (χ4n) is 1.40. The predicted molar refractivity (Wildman–Crippen MR) is 69.7 cm³/mol. The van der Waals surface area contributed by atoms with Crippen LogP contribution in [0.15, 0.2) is 30.5 Å². The Hall–Kier alpha value is -2.34. The summed E-state index contributed by atoms with van der Waals surface area (Å²) in [7, 11) is 1.43. The van der Waals surface area contributed by atoms with Gasteiger partial charge in [-0.15, -0.1) is 0 Å². The number of carbonyl (C=O) groups is 1. The molecule has 0 saturated carbocycles. The van der Waals surface area contributed by atoms with Gasteiger partial charge in [0.2, 0.25) is 5.95 Å². The minimum Gasteiger partial charge on any atom is -0.504 e. The van der Waals surface area contributed by atoms with Crippen molar-refractivity contribution in [3.63, 3.8) is 0 Å². The number of nitrogens with one attached hydrogen (secondary N) is 1. The summed E-state index contributed by atoms with van der Waals surface area (Å²) < 4.78 is 4.89. The molecule has 1 heterocycles. The van der Waals surface area contributed by atoms with Crippen molar-refractivity contribution in [2.24, 2.45) is 0 Å². The van der Waals surface area contributed by atoms with Crippen molar-refractivity contribution in [3.8, 4) is 11.5 Å². The molecule has 1 aromatic carbocycles. The number of aromatic nitrogens is 2. The zero-order valence-electron chi connectivity index (χ0n) is 9.92. The van der Waals surface area contributed by atoms with E-state index in [9.17, 15) is 9.90 Å². The second-order valence-electron chi connectivity index (χ2n) is 3.54. The van der Waals surface area contributed by atoms with Gasteiger partial charge >= 0.3 is 0 Å². The van der Waals surface area contributed by atoms with E-state index in [1.807, 2.05) is 0 Å². The lowest BCUT2D eigenvalue weighted by molar-refractivity contribution is 0.102. The number of ether oxygens (including phenoxy) is 1. The Morgan fingerprint density at radius 3 is 2.84 bits per heavy atom. The second kappa shape index (κ2) is 5.53. The average Bonchev–Trinajstić information content (AvgIpc) is 2.38. The SMILES string of the molecule is COc1ccc(C(=O)Nc2nccc(Cl)n2)cc1O. The Morgan fingerprint density at radius 2 is 2.21 bits per heavy atom. The highest BCUT2D eigenvalue weighted by molar-refractivity contribution is 6.29. The lowest BCUT2D eigenvalue weighted by Gasteiger charge is -2.06. The summed E-state index contributed by atoms with van der Waals surface area (Å²) in [5.74, 6) is -0.203. The molecule has 0 bridgehead atoms. The summed E-state index contributed by atoms with van der Waals surface area (Å²) in [6.07, 6.45) is 1.43. The number of methoxy groups -OCH3 is 1. The van der Waals surface area contributed by atoms with Crippen molar-refractivity contribution in [1.29, 1.82) is 0 Å². The largest absolute Gasteiger partial charge is 0.504 e. The van der Waals surface area contributed by atoms with Gasteiger partial charge in [-0.2, -0.15) is 0 Å². The van der Waals surface area contributed by atoms with Gasteiger partial charge in [-0.05, 0) is 24.3 Å². The molecule has 7 heteroatoms. The third kappa shape index (κ3) is 3.11. The number of hydrogen-bond acceptors (Lipinski definition) is 5. The van der Waals surface area contributed by atoms with E-state index in [1.165, 1.54) is 37.6 Å². The molecule has 2 N–H and O–H groups in total. The maximum Gasteiger partial charge on any atom is 0.258 e. The minimum atomic E-state index is -0.458. The number of carbonyl (C=O) groups excluding carboxylic acids is 1. The van der Waals surface area contributed by atoms with Gasteiger partial charge in [-0.3, -0.25) is 10.1 Å². The molecule has 98 valence electrons. The summed E-state index contributed by atoms with van der Waals surface area (Å²) in [6, 6.07) is 5.79. The number of nitrogens with zero attached hydrogens (tertiary/aromatic N) is 2. The average molecular weight is 280 g/mol. The highest BCUT2D eigenvalue weighted by atomic mass is 35.5. The van der Waals surface area contributed by atoms with Crippen LogP contribution in [0, 0.1) is 0 Å².